The van der Waals surface area contributed by atoms with Gasteiger partial charge in [-0.1, -0.05) is 0 Å². The van der Waals surface area contributed by atoms with E-state index in [4.69, 9.17) is 33.6 Å². The summed E-state index contributed by atoms with van der Waals surface area (Å²) in [6, 6.07) is 2.60. The monoisotopic (exact) mass is 332 g/mol. The number of aliphatic hydroxyl groups is 2. The summed E-state index contributed by atoms with van der Waals surface area (Å²) in [6.45, 7) is 0.409. The lowest BCUT2D eigenvalue weighted by Crippen LogP contribution is -2.12. The van der Waals surface area contributed by atoms with Gasteiger partial charge in [0.25, 0.3) is 0 Å². The van der Waals surface area contributed by atoms with Gasteiger partial charge >= 0.3 is 11.9 Å². The van der Waals surface area contributed by atoms with Crippen LogP contribution in [0.3, 0.4) is 0 Å². The molecule has 0 fully saturated rings. The molecule has 2 N–H and O–H groups in total. The van der Waals surface area contributed by atoms with Crippen LogP contribution in [0.2, 0.25) is 0 Å². The smallest absolute Gasteiger partial charge is 0.374 e. The zero-order valence-electron chi connectivity index (χ0n) is 12.6. The van der Waals surface area contributed by atoms with Crippen LogP contribution in [-0.2, 0) is 18.9 Å². The number of carbonyl (C=O) groups is 2. The Morgan fingerprint density at radius 1 is 0.783 bits per heavy atom. The van der Waals surface area contributed by atoms with Gasteiger partial charge in [-0.25, -0.2) is 9.59 Å². The Labute approximate surface area is 132 Å². The van der Waals surface area contributed by atoms with Crippen molar-refractivity contribution >= 4 is 11.9 Å². The quantitative estimate of drug-likeness (QED) is 0.389. The Bertz CT molecular complexity index is 428. The number of aliphatic hydroxyl groups excluding tert-OH is 2. The molecule has 0 radical (unpaired) electrons. The summed E-state index contributed by atoms with van der Waals surface area (Å²) in [5.74, 6) is -1.72. The van der Waals surface area contributed by atoms with Gasteiger partial charge in [-0.2, -0.15) is 0 Å². The van der Waals surface area contributed by atoms with Gasteiger partial charge in [0.05, 0.1) is 39.6 Å². The molecule has 0 amide bonds. The van der Waals surface area contributed by atoms with Crippen molar-refractivity contribution in [2.45, 2.75) is 0 Å². The number of hydrogen-bond donors (Lipinski definition) is 2. The fourth-order valence-corrected chi connectivity index (χ4v) is 1.42. The molecular formula is C14H20O9. The fraction of sp³-hybridized carbons (Fsp3) is 0.571. The van der Waals surface area contributed by atoms with Crippen LogP contribution in [0, 0.1) is 0 Å². The summed E-state index contributed by atoms with van der Waals surface area (Å²) in [7, 11) is 0. The Kier molecular flexibility index (Phi) is 9.64. The molecule has 0 aliphatic heterocycles. The topological polar surface area (TPSA) is 125 Å². The molecule has 0 atom stereocenters. The van der Waals surface area contributed by atoms with Gasteiger partial charge in [0.2, 0.25) is 11.5 Å². The summed E-state index contributed by atoms with van der Waals surface area (Å²) in [4.78, 5) is 23.3. The average Bonchev–Trinajstić information content (AvgIpc) is 3.04. The third-order valence-electron chi connectivity index (χ3n) is 2.40. The highest BCUT2D eigenvalue weighted by molar-refractivity contribution is 5.90. The molecule has 0 spiro atoms. The molecule has 0 unspecified atom stereocenters. The van der Waals surface area contributed by atoms with E-state index in [1.54, 1.807) is 0 Å². The second-order valence-corrected chi connectivity index (χ2v) is 4.11. The molecule has 9 nitrogen and oxygen atoms in total. The highest BCUT2D eigenvalue weighted by Gasteiger charge is 2.17. The second kappa shape index (κ2) is 11.6. The van der Waals surface area contributed by atoms with Crippen LogP contribution in [0.25, 0.3) is 0 Å². The van der Waals surface area contributed by atoms with Gasteiger partial charge in [0, 0.05) is 0 Å². The zero-order chi connectivity index (χ0) is 16.9. The van der Waals surface area contributed by atoms with Crippen LogP contribution >= 0.6 is 0 Å². The van der Waals surface area contributed by atoms with E-state index in [1.165, 1.54) is 12.1 Å². The van der Waals surface area contributed by atoms with Crippen LogP contribution in [-0.4, -0.2) is 75.0 Å². The van der Waals surface area contributed by atoms with Crippen molar-refractivity contribution in [2.75, 3.05) is 52.9 Å². The molecule has 23 heavy (non-hydrogen) atoms. The molecule has 1 aromatic heterocycles. The number of esters is 2. The van der Waals surface area contributed by atoms with E-state index >= 15 is 0 Å². The van der Waals surface area contributed by atoms with E-state index in [9.17, 15) is 9.59 Å². The first-order valence-electron chi connectivity index (χ1n) is 7.00. The van der Waals surface area contributed by atoms with Gasteiger partial charge in [-0.15, -0.1) is 0 Å². The van der Waals surface area contributed by atoms with Crippen molar-refractivity contribution in [3.05, 3.63) is 23.7 Å². The van der Waals surface area contributed by atoms with E-state index < -0.39 is 11.9 Å². The van der Waals surface area contributed by atoms with Crippen molar-refractivity contribution in [3.63, 3.8) is 0 Å². The predicted molar refractivity (Wildman–Crippen MR) is 75.1 cm³/mol. The van der Waals surface area contributed by atoms with Gasteiger partial charge in [0.1, 0.15) is 13.2 Å². The normalized spacial score (nSPS) is 10.5. The first kappa shape index (κ1) is 19.1. The Morgan fingerprint density at radius 2 is 1.22 bits per heavy atom. The number of furan rings is 1. The summed E-state index contributed by atoms with van der Waals surface area (Å²) in [5.41, 5.74) is 0. The summed E-state index contributed by atoms with van der Waals surface area (Å²) < 4.78 is 24.6. The van der Waals surface area contributed by atoms with Crippen molar-refractivity contribution in [3.8, 4) is 0 Å². The van der Waals surface area contributed by atoms with Gasteiger partial charge in [-0.05, 0) is 12.1 Å². The molecular weight excluding hydrogens is 312 g/mol. The minimum Gasteiger partial charge on any atom is -0.457 e. The minimum atomic E-state index is -0.733. The van der Waals surface area contributed by atoms with Crippen molar-refractivity contribution in [2.24, 2.45) is 0 Å². The first-order valence-corrected chi connectivity index (χ1v) is 7.00. The molecule has 0 saturated heterocycles. The predicted octanol–water partition coefficient (Wildman–Crippen LogP) is -0.389. The molecule has 0 bridgehead atoms. The van der Waals surface area contributed by atoms with E-state index in [0.717, 1.165) is 0 Å². The molecule has 1 heterocycles. The zero-order valence-corrected chi connectivity index (χ0v) is 12.6. The second-order valence-electron chi connectivity index (χ2n) is 4.11. The number of hydrogen-bond acceptors (Lipinski definition) is 9. The number of ether oxygens (including phenoxy) is 4. The van der Waals surface area contributed by atoms with Crippen LogP contribution in [0.1, 0.15) is 21.1 Å². The molecule has 0 aliphatic carbocycles. The highest BCUT2D eigenvalue weighted by atomic mass is 16.6. The van der Waals surface area contributed by atoms with E-state index in [0.29, 0.717) is 0 Å². The first-order chi connectivity index (χ1) is 11.2. The molecule has 0 aliphatic rings. The average molecular weight is 332 g/mol. The lowest BCUT2D eigenvalue weighted by Gasteiger charge is -2.04. The van der Waals surface area contributed by atoms with E-state index in [-0.39, 0.29) is 64.4 Å². The summed E-state index contributed by atoms with van der Waals surface area (Å²) >= 11 is 0. The standard InChI is InChI=1S/C14H20O9/c15-3-5-19-7-9-21-13(17)11-1-2-12(23-11)14(18)22-10-8-20-6-4-16/h1-2,15-16H,3-10H2. The molecule has 9 heteroatoms. The largest absolute Gasteiger partial charge is 0.457 e. The van der Waals surface area contributed by atoms with Crippen LogP contribution in [0.5, 0.6) is 0 Å². The van der Waals surface area contributed by atoms with E-state index in [2.05, 4.69) is 0 Å². The summed E-state index contributed by atoms with van der Waals surface area (Å²) in [6.07, 6.45) is 0. The lowest BCUT2D eigenvalue weighted by atomic mass is 10.4. The maximum Gasteiger partial charge on any atom is 0.374 e. The number of carbonyl (C=O) groups excluding carboxylic acids is 2. The van der Waals surface area contributed by atoms with Gasteiger partial charge in [-0.3, -0.25) is 0 Å². The molecule has 1 aromatic rings. The SMILES string of the molecule is O=C(OCCOCCO)c1ccc(C(=O)OCCOCCO)o1. The third-order valence-corrected chi connectivity index (χ3v) is 2.40. The molecule has 130 valence electrons. The van der Waals surface area contributed by atoms with Crippen molar-refractivity contribution in [1.29, 1.82) is 0 Å². The van der Waals surface area contributed by atoms with Crippen LogP contribution in [0.4, 0.5) is 0 Å². The van der Waals surface area contributed by atoms with Crippen LogP contribution < -0.4 is 0 Å². The maximum absolute atomic E-state index is 11.6. The van der Waals surface area contributed by atoms with Gasteiger partial charge < -0.3 is 33.6 Å². The maximum atomic E-state index is 11.6. The third kappa shape index (κ3) is 7.75. The summed E-state index contributed by atoms with van der Waals surface area (Å²) in [5, 5.41) is 17.0. The fourth-order valence-electron chi connectivity index (χ4n) is 1.42. The van der Waals surface area contributed by atoms with Crippen LogP contribution in [0.15, 0.2) is 16.5 Å². The highest BCUT2D eigenvalue weighted by Crippen LogP contribution is 2.10. The Balaban J connectivity index is 2.29. The van der Waals surface area contributed by atoms with Crippen molar-refractivity contribution < 1.29 is 43.2 Å². The molecule has 0 aromatic carbocycles. The molecule has 0 saturated carbocycles. The van der Waals surface area contributed by atoms with Crippen molar-refractivity contribution in [1.82, 2.24) is 0 Å². The van der Waals surface area contributed by atoms with E-state index in [1.807, 2.05) is 0 Å². The lowest BCUT2D eigenvalue weighted by molar-refractivity contribution is 0.0206. The van der Waals surface area contributed by atoms with Gasteiger partial charge in [0.15, 0.2) is 0 Å². The molecule has 1 rings (SSSR count). The number of rotatable bonds is 12. The Hall–Kier alpha value is -1.94. The minimum absolute atomic E-state index is 0.00150. The Morgan fingerprint density at radius 3 is 1.61 bits per heavy atom.